The number of aliphatic hydroxyl groups is 1. The quantitative estimate of drug-likeness (QED) is 0.0708. The molecule has 0 saturated carbocycles. The first-order valence-electron chi connectivity index (χ1n) is 23.7. The Kier molecular flexibility index (Phi) is 16.8. The van der Waals surface area contributed by atoms with E-state index in [1.807, 2.05) is 42.5 Å². The van der Waals surface area contributed by atoms with Crippen molar-refractivity contribution in [2.45, 2.75) is 197 Å². The Labute approximate surface area is 392 Å². The van der Waals surface area contributed by atoms with E-state index in [2.05, 4.69) is 38.1 Å². The summed E-state index contributed by atoms with van der Waals surface area (Å²) in [6, 6.07) is 13.5. The van der Waals surface area contributed by atoms with Gasteiger partial charge < -0.3 is 45.1 Å². The number of fused-ring (bicyclic) bond motifs is 3. The molecular weight excluding hydrogens is 861 g/mol. The number of hydrogen-bond acceptors (Lipinski definition) is 11. The summed E-state index contributed by atoms with van der Waals surface area (Å²) in [6.07, 6.45) is 5.45. The lowest BCUT2D eigenvalue weighted by molar-refractivity contribution is -0.157. The number of ether oxygens (including phenoxy) is 3. The van der Waals surface area contributed by atoms with Gasteiger partial charge in [-0.3, -0.25) is 14.4 Å². The average Bonchev–Trinajstić information content (AvgIpc) is 3.88. The lowest BCUT2D eigenvalue weighted by Crippen LogP contribution is -2.57. The zero-order valence-corrected chi connectivity index (χ0v) is 39.6. The molecule has 67 heavy (non-hydrogen) atoms. The minimum atomic E-state index is -0.866. The molecule has 18 heteroatoms. The summed E-state index contributed by atoms with van der Waals surface area (Å²) in [5, 5.41) is 22.8. The van der Waals surface area contributed by atoms with Gasteiger partial charge in [-0.25, -0.2) is 14.4 Å². The van der Waals surface area contributed by atoms with Crippen LogP contribution in [-0.4, -0.2) is 110 Å². The van der Waals surface area contributed by atoms with Crippen LogP contribution in [0.25, 0.3) is 10.4 Å². The van der Waals surface area contributed by atoms with Crippen LogP contribution in [0, 0.1) is 0 Å². The zero-order valence-electron chi connectivity index (χ0n) is 39.6. The lowest BCUT2D eigenvalue weighted by Gasteiger charge is -2.37. The highest BCUT2D eigenvalue weighted by molar-refractivity contribution is 5.93. The molecule has 7 rings (SSSR count). The van der Waals surface area contributed by atoms with E-state index in [-0.39, 0.29) is 54.9 Å². The fourth-order valence-corrected chi connectivity index (χ4v) is 9.92. The summed E-state index contributed by atoms with van der Waals surface area (Å²) >= 11 is 0. The second kappa shape index (κ2) is 22.3. The number of alkyl carbamates (subject to hydrolysis) is 2. The van der Waals surface area contributed by atoms with E-state index in [4.69, 9.17) is 19.7 Å². The predicted octanol–water partition coefficient (Wildman–Crippen LogP) is 6.82. The molecule has 1 aliphatic carbocycles. The first kappa shape index (κ1) is 50.5. The highest BCUT2D eigenvalue weighted by atomic mass is 16.6. The Hall–Kier alpha value is -5.87. The average molecular weight is 929 g/mol. The Morgan fingerprint density at radius 3 is 1.90 bits per heavy atom. The number of carbonyl (C=O) groups excluding carboxylic acids is 6. The van der Waals surface area contributed by atoms with Crippen LogP contribution in [0.2, 0.25) is 0 Å². The molecule has 0 spiro atoms. The molecular formula is C49H68N8O10. The van der Waals surface area contributed by atoms with Crippen LogP contribution in [0.3, 0.4) is 0 Å². The van der Waals surface area contributed by atoms with Gasteiger partial charge in [-0.1, -0.05) is 59.7 Å². The molecule has 0 bridgehead atoms. The second-order valence-corrected chi connectivity index (χ2v) is 20.3. The van der Waals surface area contributed by atoms with E-state index < -0.39 is 59.6 Å². The third-order valence-corrected chi connectivity index (χ3v) is 12.9. The van der Waals surface area contributed by atoms with E-state index in [1.165, 1.54) is 10.5 Å². The van der Waals surface area contributed by atoms with Crippen molar-refractivity contribution < 1.29 is 48.1 Å². The number of carbonyl (C=O) groups is 6. The molecule has 9 atom stereocenters. The van der Waals surface area contributed by atoms with Gasteiger partial charge in [0.15, 0.2) is 0 Å². The molecule has 364 valence electrons. The third-order valence-electron chi connectivity index (χ3n) is 12.9. The Balaban J connectivity index is 0.000000224. The maximum Gasteiger partial charge on any atom is 0.408 e. The van der Waals surface area contributed by atoms with Crippen molar-refractivity contribution in [3.63, 3.8) is 0 Å². The smallest absolute Gasteiger partial charge is 0.408 e. The Morgan fingerprint density at radius 1 is 0.701 bits per heavy atom. The van der Waals surface area contributed by atoms with Crippen molar-refractivity contribution in [1.82, 2.24) is 25.8 Å². The van der Waals surface area contributed by atoms with Crippen molar-refractivity contribution in [3.8, 4) is 0 Å². The van der Waals surface area contributed by atoms with Crippen LogP contribution in [-0.2, 0) is 46.4 Å². The number of azide groups is 1. The highest BCUT2D eigenvalue weighted by Crippen LogP contribution is 2.36. The van der Waals surface area contributed by atoms with Gasteiger partial charge in [-0.15, -0.1) is 0 Å². The number of amides is 5. The maximum absolute atomic E-state index is 13.7. The third kappa shape index (κ3) is 13.8. The number of benzene rings is 2. The largest absolute Gasteiger partial charge is 0.459 e. The van der Waals surface area contributed by atoms with Crippen LogP contribution in [0.15, 0.2) is 59.7 Å². The SMILES string of the molecule is CC(C)(C)OC(=O)N[C@H]1CC[C@@H](O)C[C@H]2CC[C@@H](C(=O)OCc3ccccc3)N2C1=O.CC(C)(C)OC(=O)N[C@H]1CC[C@H](N=[N+]=[N-])C[C@H]2CC[C@@H](C(=O)N[C@@H]3CCCc4ccccc43)N2C1=O. The molecule has 0 aromatic heterocycles. The topological polar surface area (TPSA) is 242 Å². The lowest BCUT2D eigenvalue weighted by atomic mass is 9.87. The molecule has 0 unspecified atom stereocenters. The molecule has 4 aliphatic heterocycles. The van der Waals surface area contributed by atoms with Gasteiger partial charge in [0.25, 0.3) is 0 Å². The second-order valence-electron chi connectivity index (χ2n) is 20.3. The normalized spacial score (nSPS) is 27.3. The molecule has 4 fully saturated rings. The van der Waals surface area contributed by atoms with Gasteiger partial charge in [0.2, 0.25) is 17.7 Å². The van der Waals surface area contributed by atoms with Crippen molar-refractivity contribution in [3.05, 3.63) is 81.7 Å². The number of hydrogen-bond donors (Lipinski definition) is 4. The van der Waals surface area contributed by atoms with Crippen LogP contribution in [0.4, 0.5) is 9.59 Å². The standard InChI is InChI=1S/C26H36N6O4.C23H32N2O6/c1-26(2,3)36-25(35)29-21-13-11-17(30-31-27)15-18-12-14-22(32(18)24(21)34)23(33)28-20-10-6-8-16-7-4-5-9-19(16)20;1-23(2,3)31-22(29)24-18-11-10-17(26)13-16-9-12-19(25(16)20(18)27)21(28)30-14-15-7-5-4-6-8-15/h4-5,7,9,17-18,20-22H,6,8,10-15H2,1-3H3,(H,28,33)(H,29,35);4-8,16-19,26H,9-14H2,1-3H3,(H,24,29)/t17-,18+,20+,21-,22-;16-,17-,18+,19+/m01/s1. The number of nitrogens with zero attached hydrogens (tertiary/aromatic N) is 5. The van der Waals surface area contributed by atoms with E-state index in [0.29, 0.717) is 57.8 Å². The predicted molar refractivity (Wildman–Crippen MR) is 247 cm³/mol. The number of aliphatic hydroxyl groups excluding tert-OH is 1. The van der Waals surface area contributed by atoms with Crippen molar-refractivity contribution in [1.29, 1.82) is 0 Å². The van der Waals surface area contributed by atoms with E-state index in [9.17, 15) is 33.9 Å². The fourth-order valence-electron chi connectivity index (χ4n) is 9.92. The minimum absolute atomic E-state index is 0.0852. The number of esters is 1. The first-order chi connectivity index (χ1) is 31.8. The van der Waals surface area contributed by atoms with Crippen molar-refractivity contribution >= 4 is 35.9 Å². The van der Waals surface area contributed by atoms with Crippen LogP contribution < -0.4 is 16.0 Å². The molecule has 4 saturated heterocycles. The van der Waals surface area contributed by atoms with Gasteiger partial charge in [0.1, 0.15) is 42.0 Å². The summed E-state index contributed by atoms with van der Waals surface area (Å²) in [4.78, 5) is 84.3. The fraction of sp³-hybridized carbons (Fsp3) is 0.633. The maximum atomic E-state index is 13.7. The number of rotatable bonds is 8. The number of aryl methyl sites for hydroxylation is 1. The zero-order chi connectivity index (χ0) is 48.5. The van der Waals surface area contributed by atoms with Gasteiger partial charge in [-0.05, 0) is 147 Å². The molecule has 2 aromatic carbocycles. The molecule has 5 aliphatic rings. The molecule has 0 radical (unpaired) electrons. The molecule has 4 heterocycles. The van der Waals surface area contributed by atoms with Crippen LogP contribution in [0.5, 0.6) is 0 Å². The summed E-state index contributed by atoms with van der Waals surface area (Å²) in [5.41, 5.74) is 10.9. The Morgan fingerprint density at radius 2 is 1.27 bits per heavy atom. The van der Waals surface area contributed by atoms with Crippen molar-refractivity contribution in [2.24, 2.45) is 5.11 Å². The molecule has 5 amide bonds. The molecule has 18 nitrogen and oxygen atoms in total. The van der Waals surface area contributed by atoms with Gasteiger partial charge in [-0.2, -0.15) is 0 Å². The van der Waals surface area contributed by atoms with Crippen molar-refractivity contribution in [2.75, 3.05) is 0 Å². The van der Waals surface area contributed by atoms with Gasteiger partial charge in [0, 0.05) is 23.0 Å². The summed E-state index contributed by atoms with van der Waals surface area (Å²) < 4.78 is 16.1. The summed E-state index contributed by atoms with van der Waals surface area (Å²) in [5.74, 6) is -1.26. The van der Waals surface area contributed by atoms with E-state index in [0.717, 1.165) is 30.4 Å². The van der Waals surface area contributed by atoms with Gasteiger partial charge in [0.05, 0.1) is 12.1 Å². The summed E-state index contributed by atoms with van der Waals surface area (Å²) in [6.45, 7) is 10.6. The molecule has 2 aromatic rings. The Bertz CT molecular complexity index is 2140. The van der Waals surface area contributed by atoms with E-state index in [1.54, 1.807) is 46.4 Å². The van der Waals surface area contributed by atoms with Crippen LogP contribution in [0.1, 0.15) is 141 Å². The van der Waals surface area contributed by atoms with Crippen LogP contribution >= 0.6 is 0 Å². The monoisotopic (exact) mass is 929 g/mol. The first-order valence-corrected chi connectivity index (χ1v) is 23.7. The summed E-state index contributed by atoms with van der Waals surface area (Å²) in [7, 11) is 0. The minimum Gasteiger partial charge on any atom is -0.459 e. The number of nitrogens with one attached hydrogen (secondary N) is 3. The van der Waals surface area contributed by atoms with Gasteiger partial charge >= 0.3 is 18.2 Å². The highest BCUT2D eigenvalue weighted by Gasteiger charge is 2.47. The van der Waals surface area contributed by atoms with E-state index >= 15 is 0 Å². The molecule has 4 N–H and O–H groups in total.